The van der Waals surface area contributed by atoms with Crippen molar-refractivity contribution in [1.29, 1.82) is 0 Å². The standard InChI is InChI=1S/C35H42N2O5/c1-10-15-37-32(18(2)3)33-30(34(37)40)29(28-24(39)16-35(7,8)17-26(28)42-33)27-20(5)22(12-14-25(27)41-9)23-13-11-19(4)31(36-23)21(6)38/h11-14,18,29,32H,10,15-17H2,1-9H3/t29-,32+/m0/s1. The van der Waals surface area contributed by atoms with Crippen LogP contribution in [0.5, 0.6) is 5.75 Å². The summed E-state index contributed by atoms with van der Waals surface area (Å²) in [5.41, 5.74) is 5.18. The first-order valence-corrected chi connectivity index (χ1v) is 15.0. The lowest BCUT2D eigenvalue weighted by atomic mass is 9.68. The van der Waals surface area contributed by atoms with Crippen molar-refractivity contribution >= 4 is 17.5 Å². The lowest BCUT2D eigenvalue weighted by molar-refractivity contribution is -0.128. The summed E-state index contributed by atoms with van der Waals surface area (Å²) < 4.78 is 12.6. The molecule has 0 fully saturated rings. The maximum Gasteiger partial charge on any atom is 0.254 e. The Bertz CT molecular complexity index is 1560. The van der Waals surface area contributed by atoms with Crippen LogP contribution in [0.3, 0.4) is 0 Å². The Morgan fingerprint density at radius 2 is 1.83 bits per heavy atom. The number of pyridine rings is 1. The van der Waals surface area contributed by atoms with E-state index in [0.29, 0.717) is 59.2 Å². The highest BCUT2D eigenvalue weighted by Gasteiger charge is 2.53. The molecule has 7 heteroatoms. The minimum atomic E-state index is -0.629. The highest BCUT2D eigenvalue weighted by molar-refractivity contribution is 6.07. The summed E-state index contributed by atoms with van der Waals surface area (Å²) >= 11 is 0. The van der Waals surface area contributed by atoms with Gasteiger partial charge in [-0.2, -0.15) is 0 Å². The van der Waals surface area contributed by atoms with Gasteiger partial charge in [0, 0.05) is 43.0 Å². The summed E-state index contributed by atoms with van der Waals surface area (Å²) in [6.45, 7) is 16.4. The number of ether oxygens (including phenoxy) is 2. The fourth-order valence-corrected chi connectivity index (χ4v) is 7.02. The smallest absolute Gasteiger partial charge is 0.254 e. The van der Waals surface area contributed by atoms with Gasteiger partial charge in [-0.05, 0) is 60.9 Å². The number of hydrogen-bond acceptors (Lipinski definition) is 6. The van der Waals surface area contributed by atoms with Crippen LogP contribution in [-0.4, -0.2) is 47.1 Å². The number of hydrogen-bond donors (Lipinski definition) is 0. The van der Waals surface area contributed by atoms with Crippen molar-refractivity contribution in [1.82, 2.24) is 9.88 Å². The molecule has 0 radical (unpaired) electrons. The molecule has 0 N–H and O–H groups in total. The molecule has 0 saturated carbocycles. The van der Waals surface area contributed by atoms with Gasteiger partial charge in [0.15, 0.2) is 11.6 Å². The van der Waals surface area contributed by atoms with Crippen molar-refractivity contribution in [3.63, 3.8) is 0 Å². The first kappa shape index (κ1) is 29.7. The van der Waals surface area contributed by atoms with E-state index in [4.69, 9.17) is 14.5 Å². The van der Waals surface area contributed by atoms with E-state index in [1.807, 2.05) is 43.0 Å². The summed E-state index contributed by atoms with van der Waals surface area (Å²) in [6.07, 6.45) is 1.79. The number of benzene rings is 1. The fraction of sp³-hybridized carbons (Fsp3) is 0.486. The normalized spacial score (nSPS) is 21.5. The van der Waals surface area contributed by atoms with Crippen LogP contribution < -0.4 is 4.74 Å². The van der Waals surface area contributed by atoms with Gasteiger partial charge in [-0.25, -0.2) is 4.98 Å². The van der Waals surface area contributed by atoms with Crippen molar-refractivity contribution in [3.8, 4) is 17.0 Å². The molecule has 42 heavy (non-hydrogen) atoms. The number of methoxy groups -OCH3 is 1. The lowest BCUT2D eigenvalue weighted by Crippen LogP contribution is -2.39. The molecule has 1 aliphatic carbocycles. The largest absolute Gasteiger partial charge is 0.496 e. The van der Waals surface area contributed by atoms with Crippen LogP contribution in [0.25, 0.3) is 11.3 Å². The van der Waals surface area contributed by atoms with Crippen LogP contribution >= 0.6 is 0 Å². The van der Waals surface area contributed by atoms with E-state index in [-0.39, 0.29) is 34.8 Å². The molecular weight excluding hydrogens is 528 g/mol. The van der Waals surface area contributed by atoms with Gasteiger partial charge in [-0.3, -0.25) is 14.4 Å². The first-order chi connectivity index (χ1) is 19.8. The number of allylic oxidation sites excluding steroid dienone is 2. The quantitative estimate of drug-likeness (QED) is 0.338. The Balaban J connectivity index is 1.81. The average molecular weight is 571 g/mol. The number of carbonyl (C=O) groups excluding carboxylic acids is 3. The minimum absolute atomic E-state index is 0.000165. The average Bonchev–Trinajstić information content (AvgIpc) is 3.18. The van der Waals surface area contributed by atoms with E-state index in [9.17, 15) is 14.4 Å². The number of ketones is 2. The van der Waals surface area contributed by atoms with Crippen LogP contribution in [0, 0.1) is 25.2 Å². The van der Waals surface area contributed by atoms with Crippen LogP contribution in [0.2, 0.25) is 0 Å². The number of aromatic nitrogens is 1. The van der Waals surface area contributed by atoms with Gasteiger partial charge in [0.1, 0.15) is 23.0 Å². The molecule has 3 heterocycles. The van der Waals surface area contributed by atoms with Crippen LogP contribution in [0.1, 0.15) is 93.9 Å². The second-order valence-electron chi connectivity index (χ2n) is 13.1. The monoisotopic (exact) mass is 570 g/mol. The fourth-order valence-electron chi connectivity index (χ4n) is 7.02. The molecule has 1 aromatic carbocycles. The minimum Gasteiger partial charge on any atom is -0.496 e. The van der Waals surface area contributed by atoms with E-state index in [0.717, 1.165) is 28.7 Å². The van der Waals surface area contributed by atoms with Crippen LogP contribution in [-0.2, 0) is 14.3 Å². The number of nitrogens with zero attached hydrogens (tertiary/aromatic N) is 2. The number of carbonyl (C=O) groups is 3. The summed E-state index contributed by atoms with van der Waals surface area (Å²) in [5.74, 6) is 1.24. The summed E-state index contributed by atoms with van der Waals surface area (Å²) in [7, 11) is 1.61. The van der Waals surface area contributed by atoms with Gasteiger partial charge >= 0.3 is 0 Å². The van der Waals surface area contributed by atoms with E-state index >= 15 is 0 Å². The van der Waals surface area contributed by atoms with Crippen LogP contribution in [0.4, 0.5) is 0 Å². The zero-order valence-electron chi connectivity index (χ0n) is 26.3. The first-order valence-electron chi connectivity index (χ1n) is 15.0. The Kier molecular flexibility index (Phi) is 7.67. The Morgan fingerprint density at radius 3 is 2.45 bits per heavy atom. The van der Waals surface area contributed by atoms with Crippen molar-refractivity contribution in [2.24, 2.45) is 11.3 Å². The third kappa shape index (κ3) is 4.77. The molecule has 2 aromatic rings. The third-order valence-corrected chi connectivity index (χ3v) is 8.84. The molecule has 5 rings (SSSR count). The van der Waals surface area contributed by atoms with E-state index in [1.165, 1.54) is 6.92 Å². The predicted molar refractivity (Wildman–Crippen MR) is 162 cm³/mol. The zero-order chi connectivity index (χ0) is 30.7. The van der Waals surface area contributed by atoms with Gasteiger partial charge in [0.2, 0.25) is 0 Å². The summed E-state index contributed by atoms with van der Waals surface area (Å²) in [4.78, 5) is 47.3. The Labute approximate surface area is 249 Å². The molecule has 7 nitrogen and oxygen atoms in total. The second-order valence-corrected chi connectivity index (χ2v) is 13.1. The molecule has 3 aliphatic rings. The Hall–Kier alpha value is -3.74. The molecule has 0 spiro atoms. The number of rotatable bonds is 7. The molecule has 0 saturated heterocycles. The Morgan fingerprint density at radius 1 is 1.12 bits per heavy atom. The van der Waals surface area contributed by atoms with E-state index in [1.54, 1.807) is 7.11 Å². The number of amides is 1. The SMILES string of the molecule is CCCN1C(=O)C2=C(OC3=C(C(=O)CC(C)(C)C3)[C@@H]2c2c(OC)ccc(-c3ccc(C)c(C(C)=O)n3)c2C)[C@H]1C(C)C. The maximum atomic E-state index is 14.3. The van der Waals surface area contributed by atoms with Crippen molar-refractivity contribution < 1.29 is 23.9 Å². The highest BCUT2D eigenvalue weighted by atomic mass is 16.5. The van der Waals surface area contributed by atoms with Gasteiger partial charge < -0.3 is 14.4 Å². The maximum absolute atomic E-state index is 14.3. The van der Waals surface area contributed by atoms with Gasteiger partial charge in [-0.1, -0.05) is 40.7 Å². The lowest BCUT2D eigenvalue weighted by Gasteiger charge is -2.39. The molecule has 2 aliphatic heterocycles. The molecule has 0 unspecified atom stereocenters. The van der Waals surface area contributed by atoms with Gasteiger partial charge in [0.05, 0.1) is 30.3 Å². The molecule has 0 bridgehead atoms. The topological polar surface area (TPSA) is 85.8 Å². The van der Waals surface area contributed by atoms with E-state index in [2.05, 4.69) is 34.6 Å². The van der Waals surface area contributed by atoms with Crippen LogP contribution in [0.15, 0.2) is 46.9 Å². The number of aryl methyl sites for hydroxylation is 1. The van der Waals surface area contributed by atoms with Crippen molar-refractivity contribution in [3.05, 3.63) is 69.3 Å². The third-order valence-electron chi connectivity index (χ3n) is 8.84. The molecule has 2 atom stereocenters. The van der Waals surface area contributed by atoms with Crippen molar-refractivity contribution in [2.75, 3.05) is 13.7 Å². The summed E-state index contributed by atoms with van der Waals surface area (Å²) in [6, 6.07) is 7.41. The second kappa shape index (κ2) is 10.8. The predicted octanol–water partition coefficient (Wildman–Crippen LogP) is 6.86. The zero-order valence-corrected chi connectivity index (χ0v) is 26.3. The van der Waals surface area contributed by atoms with Gasteiger partial charge in [-0.15, -0.1) is 0 Å². The molecular formula is C35H42N2O5. The van der Waals surface area contributed by atoms with E-state index < -0.39 is 5.92 Å². The summed E-state index contributed by atoms with van der Waals surface area (Å²) in [5, 5.41) is 0. The highest BCUT2D eigenvalue weighted by Crippen LogP contribution is 2.55. The number of Topliss-reactive ketones (excluding diaryl/α,β-unsaturated/α-hetero) is 2. The molecule has 1 amide bonds. The molecule has 222 valence electrons. The molecule has 1 aromatic heterocycles. The van der Waals surface area contributed by atoms with Gasteiger partial charge in [0.25, 0.3) is 5.91 Å². The van der Waals surface area contributed by atoms with Crippen molar-refractivity contribution in [2.45, 2.75) is 86.6 Å².